The predicted octanol–water partition coefficient (Wildman–Crippen LogP) is 4.42. The third kappa shape index (κ3) is 2.01. The van der Waals surface area contributed by atoms with Crippen molar-refractivity contribution < 1.29 is 4.74 Å². The smallest absolute Gasteiger partial charge is 0.153 e. The fourth-order valence-corrected chi connectivity index (χ4v) is 2.20. The van der Waals surface area contributed by atoms with Crippen molar-refractivity contribution in [3.8, 4) is 11.5 Å². The van der Waals surface area contributed by atoms with Crippen LogP contribution in [-0.2, 0) is 5.41 Å². The maximum atomic E-state index is 6.15. The second-order valence-corrected chi connectivity index (χ2v) is 5.91. The highest BCUT2D eigenvalue weighted by Gasteiger charge is 2.22. The molecule has 0 spiro atoms. The predicted molar refractivity (Wildman–Crippen MR) is 79.4 cm³/mol. The monoisotopic (exact) mass is 254 g/mol. The number of anilines is 3. The normalized spacial score (nSPS) is 13.0. The minimum atomic E-state index is 0.0451. The molecule has 3 nitrogen and oxygen atoms in total. The van der Waals surface area contributed by atoms with Crippen LogP contribution < -0.4 is 15.8 Å². The second-order valence-electron chi connectivity index (χ2n) is 5.91. The van der Waals surface area contributed by atoms with Crippen molar-refractivity contribution in [1.29, 1.82) is 0 Å². The molecule has 2 aromatic carbocycles. The summed E-state index contributed by atoms with van der Waals surface area (Å²) in [6, 6.07) is 11.9. The first-order valence-electron chi connectivity index (χ1n) is 6.43. The standard InChI is InChI=1S/C16H18N2O/c1-16(2,3)10-8-11(17)15-14(9-10)19-13-7-5-4-6-12(13)18-15/h4-9,18H,17H2,1-3H3. The van der Waals surface area contributed by atoms with Crippen molar-refractivity contribution in [2.45, 2.75) is 26.2 Å². The van der Waals surface area contributed by atoms with E-state index in [9.17, 15) is 0 Å². The summed E-state index contributed by atoms with van der Waals surface area (Å²) in [5, 5.41) is 3.34. The number of ether oxygens (including phenoxy) is 1. The van der Waals surface area contributed by atoms with Crippen LogP contribution in [0.1, 0.15) is 26.3 Å². The van der Waals surface area contributed by atoms with E-state index in [-0.39, 0.29) is 5.41 Å². The Labute approximate surface area is 113 Å². The van der Waals surface area contributed by atoms with E-state index in [1.165, 1.54) is 5.56 Å². The highest BCUT2D eigenvalue weighted by Crippen LogP contribution is 2.46. The third-order valence-corrected chi connectivity index (χ3v) is 3.37. The van der Waals surface area contributed by atoms with E-state index in [0.717, 1.165) is 28.6 Å². The van der Waals surface area contributed by atoms with E-state index in [1.54, 1.807) is 0 Å². The van der Waals surface area contributed by atoms with Gasteiger partial charge >= 0.3 is 0 Å². The molecular weight excluding hydrogens is 236 g/mol. The molecule has 98 valence electrons. The highest BCUT2D eigenvalue weighted by molar-refractivity contribution is 5.84. The van der Waals surface area contributed by atoms with Gasteiger partial charge in [0.25, 0.3) is 0 Å². The fraction of sp³-hybridized carbons (Fsp3) is 0.250. The number of benzene rings is 2. The minimum Gasteiger partial charge on any atom is -0.453 e. The molecule has 0 atom stereocenters. The molecule has 0 aliphatic carbocycles. The molecule has 0 saturated heterocycles. The van der Waals surface area contributed by atoms with Crippen molar-refractivity contribution in [3.63, 3.8) is 0 Å². The van der Waals surface area contributed by atoms with Crippen LogP contribution in [0.5, 0.6) is 11.5 Å². The number of hydrogen-bond donors (Lipinski definition) is 2. The van der Waals surface area contributed by atoms with Gasteiger partial charge in [0.1, 0.15) is 5.69 Å². The van der Waals surface area contributed by atoms with Crippen LogP contribution >= 0.6 is 0 Å². The quantitative estimate of drug-likeness (QED) is 0.584. The van der Waals surface area contributed by atoms with Crippen molar-refractivity contribution in [3.05, 3.63) is 42.0 Å². The Bertz CT molecular complexity index is 642. The van der Waals surface area contributed by atoms with Gasteiger partial charge in [-0.05, 0) is 35.2 Å². The van der Waals surface area contributed by atoms with Gasteiger partial charge in [0, 0.05) is 0 Å². The molecule has 0 aromatic heterocycles. The molecule has 0 amide bonds. The molecule has 1 aliphatic rings. The average Bonchev–Trinajstić information content (AvgIpc) is 2.35. The Morgan fingerprint density at radius 2 is 1.79 bits per heavy atom. The van der Waals surface area contributed by atoms with Crippen LogP contribution in [0.4, 0.5) is 17.1 Å². The SMILES string of the molecule is CC(C)(C)c1cc(N)c2c(c1)Oc1ccccc1N2. The topological polar surface area (TPSA) is 47.3 Å². The first kappa shape index (κ1) is 11.9. The fourth-order valence-electron chi connectivity index (χ4n) is 2.20. The van der Waals surface area contributed by atoms with Crippen molar-refractivity contribution in [2.24, 2.45) is 0 Å². The molecule has 1 heterocycles. The summed E-state index contributed by atoms with van der Waals surface area (Å²) in [5.41, 5.74) is 9.89. The third-order valence-electron chi connectivity index (χ3n) is 3.37. The van der Waals surface area contributed by atoms with Gasteiger partial charge in [-0.15, -0.1) is 0 Å². The van der Waals surface area contributed by atoms with Crippen LogP contribution in [0.25, 0.3) is 0 Å². The first-order valence-corrected chi connectivity index (χ1v) is 6.43. The summed E-state index contributed by atoms with van der Waals surface area (Å²) in [5.74, 6) is 1.63. The van der Waals surface area contributed by atoms with Crippen LogP contribution in [0.15, 0.2) is 36.4 Å². The Morgan fingerprint density at radius 3 is 2.53 bits per heavy atom. The van der Waals surface area contributed by atoms with Crippen LogP contribution in [-0.4, -0.2) is 0 Å². The van der Waals surface area contributed by atoms with Gasteiger partial charge in [-0.25, -0.2) is 0 Å². The zero-order valence-corrected chi connectivity index (χ0v) is 11.4. The Balaban J connectivity index is 2.11. The molecule has 0 unspecified atom stereocenters. The lowest BCUT2D eigenvalue weighted by atomic mass is 9.86. The molecule has 1 aliphatic heterocycles. The maximum absolute atomic E-state index is 6.15. The number of nitrogens with one attached hydrogen (secondary N) is 1. The molecule has 0 radical (unpaired) electrons. The summed E-state index contributed by atoms with van der Waals surface area (Å²) >= 11 is 0. The molecule has 3 heteroatoms. The molecule has 2 aromatic rings. The van der Waals surface area contributed by atoms with E-state index >= 15 is 0 Å². The summed E-state index contributed by atoms with van der Waals surface area (Å²) < 4.78 is 5.95. The van der Waals surface area contributed by atoms with Gasteiger partial charge in [0.2, 0.25) is 0 Å². The minimum absolute atomic E-state index is 0.0451. The van der Waals surface area contributed by atoms with Crippen LogP contribution in [0.3, 0.4) is 0 Å². The molecular formula is C16H18N2O. The summed E-state index contributed by atoms with van der Waals surface area (Å²) in [6.07, 6.45) is 0. The summed E-state index contributed by atoms with van der Waals surface area (Å²) in [7, 11) is 0. The first-order chi connectivity index (χ1) is 8.95. The van der Waals surface area contributed by atoms with Crippen molar-refractivity contribution in [2.75, 3.05) is 11.1 Å². The zero-order valence-electron chi connectivity index (χ0n) is 11.4. The number of para-hydroxylation sites is 2. The molecule has 0 saturated carbocycles. The lowest BCUT2D eigenvalue weighted by Crippen LogP contribution is -2.14. The largest absolute Gasteiger partial charge is 0.453 e. The van der Waals surface area contributed by atoms with Gasteiger partial charge in [-0.3, -0.25) is 0 Å². The van der Waals surface area contributed by atoms with Gasteiger partial charge in [0.15, 0.2) is 11.5 Å². The lowest BCUT2D eigenvalue weighted by Gasteiger charge is -2.26. The van der Waals surface area contributed by atoms with Gasteiger partial charge in [-0.2, -0.15) is 0 Å². The highest BCUT2D eigenvalue weighted by atomic mass is 16.5. The second kappa shape index (κ2) is 3.92. The lowest BCUT2D eigenvalue weighted by molar-refractivity contribution is 0.477. The Hall–Kier alpha value is -2.16. The van der Waals surface area contributed by atoms with Gasteiger partial charge < -0.3 is 15.8 Å². The average molecular weight is 254 g/mol. The van der Waals surface area contributed by atoms with E-state index in [0.29, 0.717) is 0 Å². The van der Waals surface area contributed by atoms with Gasteiger partial charge in [-0.1, -0.05) is 32.9 Å². The van der Waals surface area contributed by atoms with E-state index in [4.69, 9.17) is 10.5 Å². The van der Waals surface area contributed by atoms with E-state index in [1.807, 2.05) is 30.3 Å². The summed E-state index contributed by atoms with van der Waals surface area (Å²) in [4.78, 5) is 0. The van der Waals surface area contributed by atoms with Crippen LogP contribution in [0.2, 0.25) is 0 Å². The summed E-state index contributed by atoms with van der Waals surface area (Å²) in [6.45, 7) is 6.50. The van der Waals surface area contributed by atoms with E-state index < -0.39 is 0 Å². The number of rotatable bonds is 0. The maximum Gasteiger partial charge on any atom is 0.153 e. The molecule has 3 rings (SSSR count). The Kier molecular flexibility index (Phi) is 2.45. The molecule has 0 bridgehead atoms. The molecule has 19 heavy (non-hydrogen) atoms. The van der Waals surface area contributed by atoms with Crippen LogP contribution in [0, 0.1) is 0 Å². The number of hydrogen-bond acceptors (Lipinski definition) is 3. The zero-order chi connectivity index (χ0) is 13.6. The van der Waals surface area contributed by atoms with E-state index in [2.05, 4.69) is 32.2 Å². The van der Waals surface area contributed by atoms with Gasteiger partial charge in [0.05, 0.1) is 11.4 Å². The number of fused-ring (bicyclic) bond motifs is 2. The number of nitrogen functional groups attached to an aromatic ring is 1. The molecule has 0 fully saturated rings. The Morgan fingerprint density at radius 1 is 1.05 bits per heavy atom. The van der Waals surface area contributed by atoms with Crippen molar-refractivity contribution in [1.82, 2.24) is 0 Å². The number of nitrogens with two attached hydrogens (primary N) is 1. The molecule has 3 N–H and O–H groups in total. The van der Waals surface area contributed by atoms with Crippen molar-refractivity contribution >= 4 is 17.1 Å².